The van der Waals surface area contributed by atoms with Gasteiger partial charge in [0, 0.05) is 51.9 Å². The molecule has 10 unspecified atom stereocenters. The van der Waals surface area contributed by atoms with Gasteiger partial charge >= 0.3 is 11.9 Å². The van der Waals surface area contributed by atoms with Crippen LogP contribution in [-0.4, -0.2) is 121 Å². The average Bonchev–Trinajstić information content (AvgIpc) is 3.71. The van der Waals surface area contributed by atoms with E-state index in [2.05, 4.69) is 40.5 Å². The number of phenolic OH excluding ortho intramolecular Hbond substituents is 2. The molecule has 2 saturated heterocycles. The van der Waals surface area contributed by atoms with Gasteiger partial charge in [0.05, 0.1) is 0 Å². The van der Waals surface area contributed by atoms with Crippen molar-refractivity contribution < 1.29 is 59.2 Å². The average molecular weight is 771 g/mol. The molecule has 0 radical (unpaired) electrons. The number of piperidine rings is 2. The number of phenols is 2. The molecule has 2 aromatic carbocycles. The molecule has 0 saturated carbocycles. The summed E-state index contributed by atoms with van der Waals surface area (Å²) in [5.41, 5.74) is 3.46. The van der Waals surface area contributed by atoms with Crippen molar-refractivity contribution in [1.82, 2.24) is 9.80 Å². The first-order valence-corrected chi connectivity index (χ1v) is 18.7. The van der Waals surface area contributed by atoms with Crippen LogP contribution in [0.25, 0.3) is 0 Å². The highest BCUT2D eigenvalue weighted by molar-refractivity contribution is 5.89. The summed E-state index contributed by atoms with van der Waals surface area (Å²) in [7, 11) is 4.38. The number of carboxylic acids is 2. The van der Waals surface area contributed by atoms with E-state index in [1.807, 2.05) is 24.3 Å². The van der Waals surface area contributed by atoms with Gasteiger partial charge in [0.25, 0.3) is 5.76 Å². The minimum atomic E-state index is -1.72. The molecule has 2 spiro atoms. The van der Waals surface area contributed by atoms with Crippen LogP contribution >= 0.6 is 0 Å². The number of carbonyl (C=O) groups is 2. The molecular formula is C41H42N2O13. The molecule has 5 heterocycles. The van der Waals surface area contributed by atoms with E-state index in [-0.39, 0.29) is 34.5 Å². The van der Waals surface area contributed by atoms with E-state index in [0.29, 0.717) is 41.5 Å². The number of rotatable bonds is 2. The van der Waals surface area contributed by atoms with Gasteiger partial charge in [-0.2, -0.15) is 0 Å². The predicted molar refractivity (Wildman–Crippen MR) is 196 cm³/mol. The number of hydrogen-bond donors (Lipinski definition) is 7. The molecule has 7 N–H and O–H groups in total. The highest BCUT2D eigenvalue weighted by Gasteiger charge is 2.65. The standard InChI is InChI=1S/2C17H19NO3.C7H4O7/c2*1-18-7-6-17-10-3-5-13(20)16(17)21-15-12(19)4-2-9(14(15)17)8-11(10)18;8-2-1-3(6(10)11)14-5(4(2)9)7(12)13/h2*2-5,10-11,13,16,19-20H,6-8H2,1H3;1,9H,(H,10,11)(H,12,13). The van der Waals surface area contributed by atoms with E-state index in [9.17, 15) is 34.8 Å². The van der Waals surface area contributed by atoms with Gasteiger partial charge in [-0.3, -0.25) is 4.79 Å². The van der Waals surface area contributed by atoms with Crippen LogP contribution in [0.2, 0.25) is 0 Å². The van der Waals surface area contributed by atoms with Crippen molar-refractivity contribution in [1.29, 1.82) is 0 Å². The lowest BCUT2D eigenvalue weighted by Crippen LogP contribution is -2.64. The zero-order valence-corrected chi connectivity index (χ0v) is 30.5. The van der Waals surface area contributed by atoms with Crippen LogP contribution in [0.3, 0.4) is 0 Å². The van der Waals surface area contributed by atoms with Gasteiger partial charge in [-0.05, 0) is 76.1 Å². The quantitative estimate of drug-likeness (QED) is 0.185. The molecule has 15 nitrogen and oxygen atoms in total. The molecule has 15 heteroatoms. The fraction of sp³-hybridized carbons (Fsp3) is 0.439. The summed E-state index contributed by atoms with van der Waals surface area (Å²) in [6, 6.07) is 8.94. The van der Waals surface area contributed by atoms with Gasteiger partial charge < -0.3 is 59.4 Å². The van der Waals surface area contributed by atoms with Crippen molar-refractivity contribution in [2.75, 3.05) is 27.2 Å². The summed E-state index contributed by atoms with van der Waals surface area (Å²) in [6.45, 7) is 2.02. The van der Waals surface area contributed by atoms with Crippen molar-refractivity contribution in [3.63, 3.8) is 0 Å². The molecule has 4 bridgehead atoms. The third-order valence-electron chi connectivity index (χ3n) is 13.6. The van der Waals surface area contributed by atoms with Crippen molar-refractivity contribution >= 4 is 11.9 Å². The maximum atomic E-state index is 10.8. The lowest BCUT2D eigenvalue weighted by Gasteiger charge is -2.56. The molecular weight excluding hydrogens is 728 g/mol. The SMILES string of the molecule is CN1CCC23c4c5ccc(O)c4OC2C(O)C=CC3C1C5.CN1CCC23c4c5ccc(O)c4OC2C(O)C=CC3C1C5.O=C(O)c1cc(=O)c(O)c(C(=O)O)o1. The summed E-state index contributed by atoms with van der Waals surface area (Å²) in [4.78, 5) is 36.4. The van der Waals surface area contributed by atoms with Gasteiger partial charge in [-0.1, -0.05) is 36.4 Å². The number of aromatic hydroxyl groups is 3. The molecule has 2 fully saturated rings. The van der Waals surface area contributed by atoms with Gasteiger partial charge in [0.15, 0.2) is 23.0 Å². The Hall–Kier alpha value is -5.35. The Balaban J connectivity index is 0.000000113. The summed E-state index contributed by atoms with van der Waals surface area (Å²) in [6.07, 6.45) is 10.4. The second-order valence-electron chi connectivity index (χ2n) is 16.1. The highest BCUT2D eigenvalue weighted by Crippen LogP contribution is 2.63. The van der Waals surface area contributed by atoms with Crippen molar-refractivity contribution in [2.45, 2.75) is 73.0 Å². The molecule has 10 atom stereocenters. The van der Waals surface area contributed by atoms with Gasteiger partial charge in [-0.25, -0.2) is 9.59 Å². The number of aliphatic hydroxyl groups excluding tert-OH is 2. The molecule has 4 aliphatic heterocycles. The topological polar surface area (TPSA) is 231 Å². The van der Waals surface area contributed by atoms with Crippen LogP contribution in [0.1, 0.15) is 56.2 Å². The second kappa shape index (κ2) is 12.6. The van der Waals surface area contributed by atoms with E-state index in [0.717, 1.165) is 38.8 Å². The van der Waals surface area contributed by atoms with Gasteiger partial charge in [0.1, 0.15) is 24.4 Å². The molecule has 0 amide bonds. The number of nitrogens with zero attached hydrogens (tertiary/aromatic N) is 2. The minimum absolute atomic E-state index is 0.160. The summed E-state index contributed by atoms with van der Waals surface area (Å²) < 4.78 is 16.4. The monoisotopic (exact) mass is 770 g/mol. The Labute approximate surface area is 319 Å². The van der Waals surface area contributed by atoms with Crippen molar-refractivity contribution in [2.24, 2.45) is 11.8 Å². The first-order chi connectivity index (χ1) is 26.7. The van der Waals surface area contributed by atoms with E-state index in [1.54, 1.807) is 12.1 Å². The Bertz CT molecular complexity index is 2190. The minimum Gasteiger partial charge on any atom is -0.504 e. The molecule has 1 aromatic heterocycles. The van der Waals surface area contributed by atoms with Crippen LogP contribution < -0.4 is 14.9 Å². The Kier molecular flexibility index (Phi) is 8.15. The molecule has 294 valence electrons. The summed E-state index contributed by atoms with van der Waals surface area (Å²) >= 11 is 0. The Morgan fingerprint density at radius 2 is 1.18 bits per heavy atom. The van der Waals surface area contributed by atoms with E-state index in [4.69, 9.17) is 24.8 Å². The van der Waals surface area contributed by atoms with Gasteiger partial charge in [-0.15, -0.1) is 0 Å². The fourth-order valence-electron chi connectivity index (χ4n) is 11.2. The van der Waals surface area contributed by atoms with Crippen molar-refractivity contribution in [3.05, 3.63) is 98.6 Å². The third kappa shape index (κ3) is 4.87. The summed E-state index contributed by atoms with van der Waals surface area (Å²) in [5, 5.41) is 67.0. The second-order valence-corrected chi connectivity index (χ2v) is 16.1. The van der Waals surface area contributed by atoms with Crippen LogP contribution in [0, 0.1) is 11.8 Å². The lowest BCUT2D eigenvalue weighted by molar-refractivity contribution is -0.0453. The summed E-state index contributed by atoms with van der Waals surface area (Å²) in [5.74, 6) is -3.99. The van der Waals surface area contributed by atoms with Crippen LogP contribution in [0.15, 0.2) is 63.8 Å². The largest absolute Gasteiger partial charge is 0.504 e. The molecule has 3 aromatic rings. The number of likely N-dealkylation sites (N-methyl/N-ethyl adjacent to an activating group) is 2. The van der Waals surface area contributed by atoms with Crippen LogP contribution in [0.4, 0.5) is 0 Å². The zero-order valence-electron chi connectivity index (χ0n) is 30.5. The maximum absolute atomic E-state index is 10.8. The maximum Gasteiger partial charge on any atom is 0.375 e. The number of aromatic carboxylic acids is 2. The number of aliphatic hydroxyl groups is 2. The third-order valence-corrected chi connectivity index (χ3v) is 13.6. The van der Waals surface area contributed by atoms with E-state index >= 15 is 0 Å². The number of likely N-dealkylation sites (tertiary alicyclic amines) is 2. The number of carboxylic acid groups (broad SMARTS) is 2. The Morgan fingerprint density at radius 3 is 1.61 bits per heavy atom. The van der Waals surface area contributed by atoms with Crippen molar-refractivity contribution in [3.8, 4) is 28.7 Å². The van der Waals surface area contributed by atoms with Crippen LogP contribution in [-0.2, 0) is 23.7 Å². The molecule has 11 rings (SSSR count). The van der Waals surface area contributed by atoms with Crippen LogP contribution in [0.5, 0.6) is 28.7 Å². The fourth-order valence-corrected chi connectivity index (χ4v) is 11.2. The predicted octanol–water partition coefficient (Wildman–Crippen LogP) is 2.14. The lowest BCUT2D eigenvalue weighted by atomic mass is 9.53. The number of ether oxygens (including phenoxy) is 2. The molecule has 8 aliphatic rings. The molecule has 56 heavy (non-hydrogen) atoms. The number of hydrogen-bond acceptors (Lipinski definition) is 13. The first kappa shape index (κ1) is 36.3. The normalized spacial score (nSPS) is 34.4. The van der Waals surface area contributed by atoms with E-state index in [1.165, 1.54) is 22.3 Å². The highest BCUT2D eigenvalue weighted by atomic mass is 16.5. The Morgan fingerprint density at radius 1 is 0.714 bits per heavy atom. The van der Waals surface area contributed by atoms with Gasteiger partial charge in [0.2, 0.25) is 16.9 Å². The molecule has 4 aliphatic carbocycles. The number of benzene rings is 2. The smallest absolute Gasteiger partial charge is 0.375 e. The van der Waals surface area contributed by atoms with E-state index < -0.39 is 46.8 Å². The zero-order chi connectivity index (χ0) is 39.6. The first-order valence-electron chi connectivity index (χ1n) is 18.7.